The lowest BCUT2D eigenvalue weighted by Crippen LogP contribution is -2.21. The molecule has 0 amide bonds. The van der Waals surface area contributed by atoms with E-state index < -0.39 is 7.32 Å². The van der Waals surface area contributed by atoms with Crippen molar-refractivity contribution in [3.63, 3.8) is 0 Å². The molecule has 0 saturated heterocycles. The van der Waals surface area contributed by atoms with Crippen molar-refractivity contribution < 1.29 is 14.7 Å². The molecule has 0 aromatic heterocycles. The second-order valence-electron chi connectivity index (χ2n) is 1.93. The number of hydrogen-bond acceptors (Lipinski definition) is 4. The van der Waals surface area contributed by atoms with E-state index in [0.29, 0.717) is 11.9 Å². The van der Waals surface area contributed by atoms with Crippen LogP contribution in [0.5, 0.6) is 0 Å². The van der Waals surface area contributed by atoms with Crippen molar-refractivity contribution in [2.45, 2.75) is 19.1 Å². The number of hydrogen-bond donors (Lipinski definition) is 2. The molecule has 1 unspecified atom stereocenters. The fourth-order valence-electron chi connectivity index (χ4n) is 0.554. The van der Waals surface area contributed by atoms with Gasteiger partial charge in [0.1, 0.15) is 0 Å². The Hall–Kier alpha value is 0.295. The van der Waals surface area contributed by atoms with Gasteiger partial charge < -0.3 is 14.7 Å². The highest BCUT2D eigenvalue weighted by Gasteiger charge is 2.10. The Morgan fingerprint density at radius 1 is 1.60 bits per heavy atom. The monoisotopic (exact) mass is 164 g/mol. The van der Waals surface area contributed by atoms with E-state index in [4.69, 9.17) is 10.0 Å². The smallest absolute Gasteiger partial charge is 0.402 e. The molecule has 0 fully saturated rings. The van der Waals surface area contributed by atoms with E-state index in [9.17, 15) is 0 Å². The first-order chi connectivity index (χ1) is 4.66. The Labute approximate surface area is 66.0 Å². The van der Waals surface area contributed by atoms with E-state index in [1.807, 2.05) is 6.92 Å². The van der Waals surface area contributed by atoms with Crippen LogP contribution in [0.4, 0.5) is 0 Å². The third-order valence-electron chi connectivity index (χ3n) is 0.931. The molecule has 0 aromatic rings. The maximum absolute atomic E-state index is 8.29. The molecule has 0 aromatic carbocycles. The van der Waals surface area contributed by atoms with E-state index in [1.54, 1.807) is 11.8 Å². The van der Waals surface area contributed by atoms with Gasteiger partial charge in [0.15, 0.2) is 0 Å². The third-order valence-corrected chi connectivity index (χ3v) is 1.97. The van der Waals surface area contributed by atoms with E-state index in [0.717, 1.165) is 5.75 Å². The predicted molar refractivity (Wildman–Crippen MR) is 43.7 cm³/mol. The van der Waals surface area contributed by atoms with E-state index in [2.05, 4.69) is 11.6 Å². The molecule has 0 radical (unpaired) electrons. The Morgan fingerprint density at radius 3 is 2.60 bits per heavy atom. The first-order valence-corrected chi connectivity index (χ1v) is 4.31. The predicted octanol–water partition coefficient (Wildman–Crippen LogP) is 0.114. The quantitative estimate of drug-likeness (QED) is 0.566. The lowest BCUT2D eigenvalue weighted by atomic mass is 10.2. The van der Waals surface area contributed by atoms with Gasteiger partial charge in [0, 0.05) is 11.9 Å². The van der Waals surface area contributed by atoms with Crippen LogP contribution in [0.15, 0.2) is 0 Å². The Bertz CT molecular complexity index is 81.3. The Balaban J connectivity index is 3.12. The zero-order valence-corrected chi connectivity index (χ0v) is 7.10. The molecule has 0 aliphatic carbocycles. The Kier molecular flexibility index (Phi) is 6.21. The SMILES string of the molecule is CCSC(C)COB(O)O. The van der Waals surface area contributed by atoms with Crippen LogP contribution in [0.3, 0.4) is 0 Å². The second kappa shape index (κ2) is 6.03. The highest BCUT2D eigenvalue weighted by molar-refractivity contribution is 7.99. The van der Waals surface area contributed by atoms with Crippen molar-refractivity contribution in [2.24, 2.45) is 0 Å². The van der Waals surface area contributed by atoms with Gasteiger partial charge in [0.25, 0.3) is 0 Å². The molecule has 0 aliphatic heterocycles. The highest BCUT2D eigenvalue weighted by atomic mass is 32.2. The minimum atomic E-state index is -1.63. The van der Waals surface area contributed by atoms with Crippen LogP contribution in [0.2, 0.25) is 0 Å². The van der Waals surface area contributed by atoms with Crippen molar-refractivity contribution >= 4 is 19.1 Å². The molecule has 2 N–H and O–H groups in total. The molecular formula is C5H13BO3S. The third kappa shape index (κ3) is 6.42. The zero-order valence-electron chi connectivity index (χ0n) is 6.28. The average molecular weight is 164 g/mol. The van der Waals surface area contributed by atoms with Gasteiger partial charge in [-0.15, -0.1) is 0 Å². The lowest BCUT2D eigenvalue weighted by Gasteiger charge is -2.09. The van der Waals surface area contributed by atoms with Crippen LogP contribution >= 0.6 is 11.8 Å². The van der Waals surface area contributed by atoms with Gasteiger partial charge in [0.05, 0.1) is 0 Å². The summed E-state index contributed by atoms with van der Waals surface area (Å²) in [6.07, 6.45) is 0. The summed E-state index contributed by atoms with van der Waals surface area (Å²) >= 11 is 1.73. The van der Waals surface area contributed by atoms with Crippen molar-refractivity contribution in [3.8, 4) is 0 Å². The standard InChI is InChI=1S/C5H13BO3S/c1-3-10-5(2)4-9-6(7)8/h5,7-8H,3-4H2,1-2H3. The molecule has 0 aliphatic rings. The van der Waals surface area contributed by atoms with Gasteiger partial charge in [0.2, 0.25) is 0 Å². The molecule has 0 saturated carbocycles. The van der Waals surface area contributed by atoms with Gasteiger partial charge in [-0.1, -0.05) is 13.8 Å². The summed E-state index contributed by atoms with van der Waals surface area (Å²) in [6.45, 7) is 4.42. The Morgan fingerprint density at radius 2 is 2.20 bits per heavy atom. The largest absolute Gasteiger partial charge is 0.633 e. The van der Waals surface area contributed by atoms with Crippen LogP contribution in [0.1, 0.15) is 13.8 Å². The van der Waals surface area contributed by atoms with Gasteiger partial charge >= 0.3 is 7.32 Å². The molecule has 10 heavy (non-hydrogen) atoms. The normalized spacial score (nSPS) is 13.2. The van der Waals surface area contributed by atoms with Crippen LogP contribution in [0.25, 0.3) is 0 Å². The fraction of sp³-hybridized carbons (Fsp3) is 1.00. The van der Waals surface area contributed by atoms with Crippen LogP contribution in [-0.4, -0.2) is 35.0 Å². The van der Waals surface area contributed by atoms with Gasteiger partial charge in [-0.2, -0.15) is 11.8 Å². The van der Waals surface area contributed by atoms with Gasteiger partial charge in [-0.3, -0.25) is 0 Å². The van der Waals surface area contributed by atoms with E-state index in [-0.39, 0.29) is 0 Å². The molecular weight excluding hydrogens is 151 g/mol. The van der Waals surface area contributed by atoms with Crippen LogP contribution in [0, 0.1) is 0 Å². The minimum Gasteiger partial charge on any atom is -0.402 e. The summed E-state index contributed by atoms with van der Waals surface area (Å²) in [7, 11) is -1.63. The minimum absolute atomic E-state index is 0.326. The zero-order chi connectivity index (χ0) is 7.98. The first kappa shape index (κ1) is 10.3. The second-order valence-corrected chi connectivity index (χ2v) is 3.64. The molecule has 0 spiro atoms. The molecule has 60 valence electrons. The fourth-order valence-corrected chi connectivity index (χ4v) is 1.30. The summed E-state index contributed by atoms with van der Waals surface area (Å²) < 4.78 is 4.55. The summed E-state index contributed by atoms with van der Waals surface area (Å²) in [4.78, 5) is 0. The molecule has 0 bridgehead atoms. The average Bonchev–Trinajstić information content (AvgIpc) is 1.85. The summed E-state index contributed by atoms with van der Waals surface area (Å²) in [5.74, 6) is 1.02. The van der Waals surface area contributed by atoms with Crippen molar-refractivity contribution in [2.75, 3.05) is 12.4 Å². The number of thioether (sulfide) groups is 1. The summed E-state index contributed by atoms with van der Waals surface area (Å²) in [5.41, 5.74) is 0. The van der Waals surface area contributed by atoms with Crippen molar-refractivity contribution in [3.05, 3.63) is 0 Å². The van der Waals surface area contributed by atoms with Crippen LogP contribution < -0.4 is 0 Å². The van der Waals surface area contributed by atoms with E-state index in [1.165, 1.54) is 0 Å². The topological polar surface area (TPSA) is 49.7 Å². The van der Waals surface area contributed by atoms with Crippen LogP contribution in [-0.2, 0) is 4.65 Å². The first-order valence-electron chi connectivity index (χ1n) is 3.26. The van der Waals surface area contributed by atoms with E-state index >= 15 is 0 Å². The maximum Gasteiger partial charge on any atom is 0.633 e. The number of rotatable bonds is 5. The maximum atomic E-state index is 8.29. The van der Waals surface area contributed by atoms with Gasteiger partial charge in [-0.25, -0.2) is 0 Å². The van der Waals surface area contributed by atoms with Gasteiger partial charge in [-0.05, 0) is 5.75 Å². The summed E-state index contributed by atoms with van der Waals surface area (Å²) in [5, 5.41) is 16.9. The highest BCUT2D eigenvalue weighted by Crippen LogP contribution is 2.08. The molecule has 0 heterocycles. The molecule has 0 rings (SSSR count). The molecule has 3 nitrogen and oxygen atoms in total. The molecule has 5 heteroatoms. The van der Waals surface area contributed by atoms with Crippen molar-refractivity contribution in [1.82, 2.24) is 0 Å². The van der Waals surface area contributed by atoms with Crippen molar-refractivity contribution in [1.29, 1.82) is 0 Å². The lowest BCUT2D eigenvalue weighted by molar-refractivity contribution is 0.188. The summed E-state index contributed by atoms with van der Waals surface area (Å²) in [6, 6.07) is 0. The molecule has 1 atom stereocenters.